The van der Waals surface area contributed by atoms with E-state index in [2.05, 4.69) is 19.2 Å². The zero-order chi connectivity index (χ0) is 29.4. The zero-order valence-corrected chi connectivity index (χ0v) is 26.3. The van der Waals surface area contributed by atoms with Crippen LogP contribution in [-0.4, -0.2) is 37.8 Å². The molecule has 6 heteroatoms. The van der Waals surface area contributed by atoms with Crippen molar-refractivity contribution in [3.05, 3.63) is 22.6 Å². The number of nitrogens with one attached hydrogen (secondary N) is 1. The van der Waals surface area contributed by atoms with E-state index < -0.39 is 0 Å². The minimum Gasteiger partial charge on any atom is -0.492 e. The quantitative estimate of drug-likeness (QED) is 0.0646. The molecule has 0 unspecified atom stereocenters. The van der Waals surface area contributed by atoms with Gasteiger partial charge in [-0.15, -0.1) is 0 Å². The second-order valence-electron chi connectivity index (χ2n) is 11.3. The summed E-state index contributed by atoms with van der Waals surface area (Å²) in [4.78, 5) is 38.1. The van der Waals surface area contributed by atoms with Gasteiger partial charge in [-0.05, 0) is 32.6 Å². The molecule has 1 N–H and O–H groups in total. The summed E-state index contributed by atoms with van der Waals surface area (Å²) in [7, 11) is 1.46. The molecule has 0 aromatic heterocycles. The van der Waals surface area contributed by atoms with Gasteiger partial charge < -0.3 is 14.8 Å². The lowest BCUT2D eigenvalue weighted by Gasteiger charge is -2.22. The van der Waals surface area contributed by atoms with E-state index in [1.807, 2.05) is 0 Å². The molecule has 1 aliphatic rings. The highest BCUT2D eigenvalue weighted by Crippen LogP contribution is 2.28. The predicted octanol–water partition coefficient (Wildman–Crippen LogP) is 8.68. The van der Waals surface area contributed by atoms with Crippen molar-refractivity contribution in [1.82, 2.24) is 5.32 Å². The Hall–Kier alpha value is -2.11. The molecule has 0 heterocycles. The van der Waals surface area contributed by atoms with Gasteiger partial charge in [0.2, 0.25) is 11.6 Å². The number of methoxy groups -OCH3 is 1. The zero-order valence-electron chi connectivity index (χ0n) is 26.3. The van der Waals surface area contributed by atoms with Gasteiger partial charge in [0, 0.05) is 24.1 Å². The van der Waals surface area contributed by atoms with E-state index in [0.29, 0.717) is 49.3 Å². The molecule has 1 aliphatic carbocycles. The Morgan fingerprint density at radius 1 is 0.675 bits per heavy atom. The van der Waals surface area contributed by atoms with Crippen LogP contribution >= 0.6 is 0 Å². The van der Waals surface area contributed by atoms with Gasteiger partial charge in [0.15, 0.2) is 5.76 Å². The van der Waals surface area contributed by atoms with Crippen LogP contribution in [-0.2, 0) is 23.9 Å². The van der Waals surface area contributed by atoms with Crippen LogP contribution in [0, 0.1) is 0 Å². The van der Waals surface area contributed by atoms with Crippen molar-refractivity contribution in [2.24, 2.45) is 0 Å². The van der Waals surface area contributed by atoms with Crippen LogP contribution in [0.15, 0.2) is 22.6 Å². The molecule has 40 heavy (non-hydrogen) atoms. The average Bonchev–Trinajstić information content (AvgIpc) is 2.95. The number of carbonyl (C=O) groups excluding carboxylic acids is 3. The number of ether oxygens (including phenoxy) is 2. The highest BCUT2D eigenvalue weighted by Gasteiger charge is 2.33. The van der Waals surface area contributed by atoms with Crippen molar-refractivity contribution in [2.45, 2.75) is 156 Å². The molecule has 0 radical (unpaired) electrons. The van der Waals surface area contributed by atoms with Crippen molar-refractivity contribution in [1.29, 1.82) is 0 Å². The summed E-state index contributed by atoms with van der Waals surface area (Å²) in [5, 5.41) is 3.13. The first kappa shape index (κ1) is 35.9. The van der Waals surface area contributed by atoms with E-state index in [4.69, 9.17) is 9.47 Å². The largest absolute Gasteiger partial charge is 0.492 e. The molecule has 230 valence electrons. The maximum absolute atomic E-state index is 13.3. The van der Waals surface area contributed by atoms with E-state index in [-0.39, 0.29) is 23.3 Å². The van der Waals surface area contributed by atoms with Crippen LogP contribution in [0.3, 0.4) is 0 Å². The van der Waals surface area contributed by atoms with E-state index in [1.165, 1.54) is 77.7 Å². The van der Waals surface area contributed by atoms with E-state index in [9.17, 15) is 14.4 Å². The van der Waals surface area contributed by atoms with E-state index in [0.717, 1.165) is 44.9 Å². The number of hydrogen-bond donors (Lipinski definition) is 1. The summed E-state index contributed by atoms with van der Waals surface area (Å²) < 4.78 is 10.7. The molecular weight excluding hydrogens is 502 g/mol. The Morgan fingerprint density at radius 2 is 1.18 bits per heavy atom. The van der Waals surface area contributed by atoms with Crippen molar-refractivity contribution >= 4 is 17.5 Å². The highest BCUT2D eigenvalue weighted by atomic mass is 16.5. The molecule has 0 saturated heterocycles. The van der Waals surface area contributed by atoms with Crippen molar-refractivity contribution in [3.63, 3.8) is 0 Å². The van der Waals surface area contributed by atoms with Crippen LogP contribution in [0.4, 0.5) is 0 Å². The van der Waals surface area contributed by atoms with Gasteiger partial charge in [-0.1, -0.05) is 117 Å². The number of rotatable bonds is 26. The SMILES string of the molecule is CCCCCCCCCCCCCCCCC1=C(OC)C(=O)C(C)=C(NCCCC(=O)OCCCCCC)C1=O. The smallest absolute Gasteiger partial charge is 0.305 e. The fraction of sp³-hybridized carbons (Fsp3) is 0.794. The van der Waals surface area contributed by atoms with Gasteiger partial charge in [-0.25, -0.2) is 0 Å². The fourth-order valence-electron chi connectivity index (χ4n) is 5.23. The lowest BCUT2D eigenvalue weighted by Crippen LogP contribution is -2.32. The van der Waals surface area contributed by atoms with Crippen LogP contribution in [0.1, 0.15) is 156 Å². The van der Waals surface area contributed by atoms with Crippen molar-refractivity contribution in [3.8, 4) is 0 Å². The van der Waals surface area contributed by atoms with E-state index in [1.54, 1.807) is 6.92 Å². The number of hydrogen-bond acceptors (Lipinski definition) is 6. The topological polar surface area (TPSA) is 81.7 Å². The first-order valence-electron chi connectivity index (χ1n) is 16.4. The second-order valence-corrected chi connectivity index (χ2v) is 11.3. The Labute approximate surface area is 245 Å². The number of esters is 1. The standard InChI is InChI=1S/C34H59NO5/c1-5-7-9-11-12-13-14-15-16-17-18-19-20-21-24-29-33(38)31(28(3)32(37)34(29)39-4)35-26-23-25-30(36)40-27-22-10-8-6-2/h35H,5-27H2,1-4H3. The lowest BCUT2D eigenvalue weighted by molar-refractivity contribution is -0.143. The van der Waals surface area contributed by atoms with Gasteiger partial charge in [0.05, 0.1) is 19.4 Å². The average molecular weight is 562 g/mol. The van der Waals surface area contributed by atoms with Gasteiger partial charge in [-0.2, -0.15) is 0 Å². The molecule has 0 bridgehead atoms. The molecule has 0 aromatic carbocycles. The Bertz CT molecular complexity index is 798. The second kappa shape index (κ2) is 23.6. The summed E-state index contributed by atoms with van der Waals surface area (Å²) in [6.07, 6.45) is 23.5. The molecule has 0 fully saturated rings. The van der Waals surface area contributed by atoms with E-state index >= 15 is 0 Å². The maximum Gasteiger partial charge on any atom is 0.305 e. The fourth-order valence-corrected chi connectivity index (χ4v) is 5.23. The number of unbranched alkanes of at least 4 members (excludes halogenated alkanes) is 16. The third-order valence-electron chi connectivity index (χ3n) is 7.80. The molecule has 1 rings (SSSR count). The third kappa shape index (κ3) is 15.0. The molecule has 6 nitrogen and oxygen atoms in total. The summed E-state index contributed by atoms with van der Waals surface area (Å²) in [5.41, 5.74) is 1.20. The molecule has 0 saturated carbocycles. The van der Waals surface area contributed by atoms with Crippen molar-refractivity contribution < 1.29 is 23.9 Å². The van der Waals surface area contributed by atoms with Crippen LogP contribution < -0.4 is 5.32 Å². The normalized spacial score (nSPS) is 13.8. The Morgan fingerprint density at radius 3 is 1.70 bits per heavy atom. The molecule has 0 spiro atoms. The third-order valence-corrected chi connectivity index (χ3v) is 7.80. The number of ketones is 2. The Kier molecular flexibility index (Phi) is 21.2. The molecular formula is C34H59NO5. The summed E-state index contributed by atoms with van der Waals surface area (Å²) >= 11 is 0. The maximum atomic E-state index is 13.3. The Balaban J connectivity index is 2.30. The van der Waals surface area contributed by atoms with Crippen LogP contribution in [0.25, 0.3) is 0 Å². The van der Waals surface area contributed by atoms with Gasteiger partial charge in [0.25, 0.3) is 0 Å². The summed E-state index contributed by atoms with van der Waals surface area (Å²) in [6, 6.07) is 0. The monoisotopic (exact) mass is 561 g/mol. The number of allylic oxidation sites excluding steroid dienone is 2. The molecule has 0 amide bonds. The van der Waals surface area contributed by atoms with Crippen LogP contribution in [0.2, 0.25) is 0 Å². The summed E-state index contributed by atoms with van der Waals surface area (Å²) in [5.74, 6) is -0.400. The minimum atomic E-state index is -0.226. The minimum absolute atomic E-state index is 0.151. The first-order chi connectivity index (χ1) is 19.5. The van der Waals surface area contributed by atoms with Gasteiger partial charge in [0.1, 0.15) is 0 Å². The number of Topliss-reactive ketones (excluding diaryl/α,β-unsaturated/α-hetero) is 2. The van der Waals surface area contributed by atoms with Gasteiger partial charge >= 0.3 is 5.97 Å². The summed E-state index contributed by atoms with van der Waals surface area (Å²) in [6.45, 7) is 6.98. The first-order valence-corrected chi connectivity index (χ1v) is 16.4. The lowest BCUT2D eigenvalue weighted by atomic mass is 9.89. The van der Waals surface area contributed by atoms with Crippen molar-refractivity contribution in [2.75, 3.05) is 20.3 Å². The van der Waals surface area contributed by atoms with Gasteiger partial charge in [-0.3, -0.25) is 14.4 Å². The predicted molar refractivity (Wildman–Crippen MR) is 164 cm³/mol. The number of carbonyl (C=O) groups is 3. The molecule has 0 aliphatic heterocycles. The highest BCUT2D eigenvalue weighted by molar-refractivity contribution is 6.23. The molecule has 0 atom stereocenters. The molecule has 0 aromatic rings. The van der Waals surface area contributed by atoms with Crippen LogP contribution in [0.5, 0.6) is 0 Å².